The fraction of sp³-hybridized carbons (Fsp3) is 0.417. The molecule has 0 N–H and O–H groups in total. The summed E-state index contributed by atoms with van der Waals surface area (Å²) >= 11 is 1.70. The van der Waals surface area contributed by atoms with Gasteiger partial charge in [-0.25, -0.2) is 0 Å². The summed E-state index contributed by atoms with van der Waals surface area (Å²) in [7, 11) is 1.66. The van der Waals surface area contributed by atoms with E-state index in [-0.39, 0.29) is 5.78 Å². The van der Waals surface area contributed by atoms with Crippen LogP contribution in [0.1, 0.15) is 20.3 Å². The van der Waals surface area contributed by atoms with Gasteiger partial charge in [0.1, 0.15) is 11.5 Å². The number of benzene rings is 1. The summed E-state index contributed by atoms with van der Waals surface area (Å²) in [6.07, 6.45) is 0.613. The number of ketones is 1. The molecule has 0 aliphatic rings. The number of methoxy groups -OCH3 is 1. The van der Waals surface area contributed by atoms with Gasteiger partial charge in [-0.05, 0) is 25.1 Å². The molecule has 0 aliphatic heterocycles. The van der Waals surface area contributed by atoms with E-state index >= 15 is 0 Å². The highest BCUT2D eigenvalue weighted by molar-refractivity contribution is 8.00. The highest BCUT2D eigenvalue weighted by Crippen LogP contribution is 2.27. The molecule has 0 aromatic heterocycles. The molecule has 0 bridgehead atoms. The van der Waals surface area contributed by atoms with Crippen LogP contribution in [-0.4, -0.2) is 18.1 Å². The molecule has 1 aromatic carbocycles. The van der Waals surface area contributed by atoms with Crippen molar-refractivity contribution in [3.8, 4) is 5.75 Å². The van der Waals surface area contributed by atoms with Gasteiger partial charge in [-0.3, -0.25) is 4.79 Å². The Morgan fingerprint density at radius 1 is 1.53 bits per heavy atom. The third-order valence-corrected chi connectivity index (χ3v) is 3.05. The number of thioether (sulfide) groups is 1. The largest absolute Gasteiger partial charge is 0.497 e. The van der Waals surface area contributed by atoms with Crippen LogP contribution in [0.4, 0.5) is 0 Å². The van der Waals surface area contributed by atoms with Gasteiger partial charge in [0.15, 0.2) is 0 Å². The number of Topliss-reactive ketones (excluding diaryl/α,β-unsaturated/α-hetero) is 1. The first kappa shape index (κ1) is 12.1. The molecular formula is C12H16O2S. The minimum Gasteiger partial charge on any atom is -0.497 e. The molecule has 15 heavy (non-hydrogen) atoms. The first-order valence-electron chi connectivity index (χ1n) is 4.92. The van der Waals surface area contributed by atoms with Gasteiger partial charge in [0.25, 0.3) is 0 Å². The number of rotatable bonds is 5. The Labute approximate surface area is 95.0 Å². The Hall–Kier alpha value is -0.960. The number of carbonyl (C=O) groups excluding carboxylic acids is 1. The van der Waals surface area contributed by atoms with Crippen molar-refractivity contribution in [2.24, 2.45) is 0 Å². The fourth-order valence-corrected chi connectivity index (χ4v) is 2.48. The van der Waals surface area contributed by atoms with Crippen LogP contribution in [0.3, 0.4) is 0 Å². The van der Waals surface area contributed by atoms with Crippen molar-refractivity contribution >= 4 is 17.5 Å². The summed E-state index contributed by atoms with van der Waals surface area (Å²) in [5.74, 6) is 1.09. The van der Waals surface area contributed by atoms with E-state index < -0.39 is 0 Å². The van der Waals surface area contributed by atoms with Gasteiger partial charge in [0.05, 0.1) is 7.11 Å². The summed E-state index contributed by atoms with van der Waals surface area (Å²) in [6, 6.07) is 7.90. The van der Waals surface area contributed by atoms with E-state index in [0.717, 1.165) is 10.6 Å². The van der Waals surface area contributed by atoms with E-state index in [0.29, 0.717) is 11.7 Å². The second kappa shape index (κ2) is 5.81. The lowest BCUT2D eigenvalue weighted by molar-refractivity contribution is -0.116. The van der Waals surface area contributed by atoms with Crippen molar-refractivity contribution in [2.75, 3.05) is 7.11 Å². The maximum atomic E-state index is 10.9. The minimum absolute atomic E-state index is 0.234. The van der Waals surface area contributed by atoms with Crippen molar-refractivity contribution in [3.63, 3.8) is 0 Å². The molecule has 0 spiro atoms. The molecule has 1 rings (SSSR count). The summed E-state index contributed by atoms with van der Waals surface area (Å²) in [5.41, 5.74) is 0. The molecule has 1 unspecified atom stereocenters. The number of hydrogen-bond donors (Lipinski definition) is 0. The SMILES string of the molecule is COc1cccc(SC(C)CC(C)=O)c1. The summed E-state index contributed by atoms with van der Waals surface area (Å²) < 4.78 is 5.14. The van der Waals surface area contributed by atoms with Crippen LogP contribution in [0.25, 0.3) is 0 Å². The van der Waals surface area contributed by atoms with Crippen molar-refractivity contribution in [3.05, 3.63) is 24.3 Å². The van der Waals surface area contributed by atoms with Gasteiger partial charge >= 0.3 is 0 Å². The number of ether oxygens (including phenoxy) is 1. The predicted octanol–water partition coefficient (Wildman–Crippen LogP) is 3.15. The molecular weight excluding hydrogens is 208 g/mol. The van der Waals surface area contributed by atoms with Gasteiger partial charge in [-0.2, -0.15) is 0 Å². The molecule has 1 aromatic rings. The normalized spacial score (nSPS) is 12.2. The van der Waals surface area contributed by atoms with Crippen molar-refractivity contribution < 1.29 is 9.53 Å². The van der Waals surface area contributed by atoms with Gasteiger partial charge in [-0.15, -0.1) is 11.8 Å². The van der Waals surface area contributed by atoms with Crippen LogP contribution in [-0.2, 0) is 4.79 Å². The molecule has 0 fully saturated rings. The molecule has 3 heteroatoms. The molecule has 1 atom stereocenters. The first-order valence-corrected chi connectivity index (χ1v) is 5.80. The van der Waals surface area contributed by atoms with E-state index in [2.05, 4.69) is 6.92 Å². The standard InChI is InChI=1S/C12H16O2S/c1-9(13)7-10(2)15-12-6-4-5-11(8-12)14-3/h4-6,8,10H,7H2,1-3H3. The zero-order valence-electron chi connectivity index (χ0n) is 9.32. The first-order chi connectivity index (χ1) is 7.11. The second-order valence-corrected chi connectivity index (χ2v) is 5.03. The maximum absolute atomic E-state index is 10.9. The monoisotopic (exact) mass is 224 g/mol. The van der Waals surface area contributed by atoms with Crippen LogP contribution in [0, 0.1) is 0 Å². The van der Waals surface area contributed by atoms with Gasteiger partial charge in [0.2, 0.25) is 0 Å². The van der Waals surface area contributed by atoms with Crippen LogP contribution < -0.4 is 4.74 Å². The topological polar surface area (TPSA) is 26.3 Å². The summed E-state index contributed by atoms with van der Waals surface area (Å²) in [5, 5.41) is 0.314. The molecule has 0 heterocycles. The Balaban J connectivity index is 2.59. The van der Waals surface area contributed by atoms with E-state index in [9.17, 15) is 4.79 Å². The highest BCUT2D eigenvalue weighted by atomic mass is 32.2. The van der Waals surface area contributed by atoms with E-state index in [1.165, 1.54) is 0 Å². The smallest absolute Gasteiger partial charge is 0.130 e. The average Bonchev–Trinajstić information content (AvgIpc) is 2.16. The molecule has 2 nitrogen and oxygen atoms in total. The maximum Gasteiger partial charge on any atom is 0.130 e. The Morgan fingerprint density at radius 3 is 2.87 bits per heavy atom. The van der Waals surface area contributed by atoms with E-state index in [1.54, 1.807) is 25.8 Å². The van der Waals surface area contributed by atoms with E-state index in [4.69, 9.17) is 4.74 Å². The van der Waals surface area contributed by atoms with Crippen LogP contribution in [0.5, 0.6) is 5.75 Å². The van der Waals surface area contributed by atoms with Crippen molar-refractivity contribution in [1.82, 2.24) is 0 Å². The molecule has 0 aliphatic carbocycles. The third kappa shape index (κ3) is 4.38. The minimum atomic E-state index is 0.234. The lowest BCUT2D eigenvalue weighted by atomic mass is 10.2. The Bertz CT molecular complexity index is 336. The number of hydrogen-bond acceptors (Lipinski definition) is 3. The predicted molar refractivity (Wildman–Crippen MR) is 63.6 cm³/mol. The second-order valence-electron chi connectivity index (χ2n) is 3.51. The zero-order valence-corrected chi connectivity index (χ0v) is 10.1. The zero-order chi connectivity index (χ0) is 11.3. The fourth-order valence-electron chi connectivity index (χ4n) is 1.35. The van der Waals surface area contributed by atoms with Gasteiger partial charge < -0.3 is 4.74 Å². The van der Waals surface area contributed by atoms with Gasteiger partial charge in [0, 0.05) is 16.6 Å². The van der Waals surface area contributed by atoms with Crippen LogP contribution in [0.15, 0.2) is 29.2 Å². The third-order valence-electron chi connectivity index (χ3n) is 1.95. The summed E-state index contributed by atoms with van der Waals surface area (Å²) in [6.45, 7) is 3.69. The average molecular weight is 224 g/mol. The Morgan fingerprint density at radius 2 is 2.27 bits per heavy atom. The Kier molecular flexibility index (Phi) is 4.69. The van der Waals surface area contributed by atoms with Crippen molar-refractivity contribution in [2.45, 2.75) is 30.4 Å². The number of carbonyl (C=O) groups is 1. The van der Waals surface area contributed by atoms with Crippen LogP contribution in [0.2, 0.25) is 0 Å². The lowest BCUT2D eigenvalue weighted by Crippen LogP contribution is -2.02. The molecule has 0 amide bonds. The molecule has 82 valence electrons. The van der Waals surface area contributed by atoms with Crippen LogP contribution >= 0.6 is 11.8 Å². The summed E-state index contributed by atoms with van der Waals surface area (Å²) in [4.78, 5) is 12.1. The van der Waals surface area contributed by atoms with E-state index in [1.807, 2.05) is 24.3 Å². The quantitative estimate of drug-likeness (QED) is 0.719. The lowest BCUT2D eigenvalue weighted by Gasteiger charge is -2.09. The van der Waals surface area contributed by atoms with Gasteiger partial charge in [-0.1, -0.05) is 13.0 Å². The molecule has 0 saturated heterocycles. The highest BCUT2D eigenvalue weighted by Gasteiger charge is 2.07. The van der Waals surface area contributed by atoms with Crippen molar-refractivity contribution in [1.29, 1.82) is 0 Å². The molecule has 0 radical (unpaired) electrons. The molecule has 0 saturated carbocycles.